The first-order chi connectivity index (χ1) is 10.1. The predicted octanol–water partition coefficient (Wildman–Crippen LogP) is 1.85. The summed E-state index contributed by atoms with van der Waals surface area (Å²) in [6, 6.07) is 5.90. The third-order valence-corrected chi connectivity index (χ3v) is 3.21. The van der Waals surface area contributed by atoms with Crippen LogP contribution in [0.5, 0.6) is 5.75 Å². The summed E-state index contributed by atoms with van der Waals surface area (Å²) in [5.74, 6) is -0.494. The predicted molar refractivity (Wildman–Crippen MR) is 73.5 cm³/mol. The van der Waals surface area contributed by atoms with Gasteiger partial charge in [-0.15, -0.1) is 0 Å². The van der Waals surface area contributed by atoms with Crippen LogP contribution in [0.15, 0.2) is 24.3 Å². The van der Waals surface area contributed by atoms with E-state index in [1.807, 2.05) is 6.92 Å². The van der Waals surface area contributed by atoms with Crippen LogP contribution in [-0.4, -0.2) is 38.3 Å². The van der Waals surface area contributed by atoms with Crippen molar-refractivity contribution in [2.75, 3.05) is 25.1 Å². The minimum absolute atomic E-state index is 0.00806. The van der Waals surface area contributed by atoms with Crippen molar-refractivity contribution in [2.45, 2.75) is 19.6 Å². The number of carbonyl (C=O) groups is 1. The molecule has 2 atom stereocenters. The maximum Gasteiger partial charge on any atom is 0.387 e. The Morgan fingerprint density at radius 1 is 1.48 bits per heavy atom. The summed E-state index contributed by atoms with van der Waals surface area (Å²) in [4.78, 5) is 12.2. The molecule has 1 fully saturated rings. The Kier molecular flexibility index (Phi) is 5.46. The highest BCUT2D eigenvalue weighted by molar-refractivity contribution is 5.93. The number of benzene rings is 1. The molecule has 5 nitrogen and oxygen atoms in total. The highest BCUT2D eigenvalue weighted by atomic mass is 19.3. The lowest BCUT2D eigenvalue weighted by Crippen LogP contribution is -2.41. The fourth-order valence-corrected chi connectivity index (χ4v) is 2.26. The van der Waals surface area contributed by atoms with Crippen molar-refractivity contribution in [2.24, 2.45) is 5.92 Å². The zero-order valence-corrected chi connectivity index (χ0v) is 11.6. The molecule has 21 heavy (non-hydrogen) atoms. The van der Waals surface area contributed by atoms with Crippen molar-refractivity contribution in [1.82, 2.24) is 5.32 Å². The summed E-state index contributed by atoms with van der Waals surface area (Å²) < 4.78 is 33.9. The molecule has 1 aromatic carbocycles. The van der Waals surface area contributed by atoms with Crippen molar-refractivity contribution in [1.29, 1.82) is 0 Å². The molecule has 2 N–H and O–H groups in total. The van der Waals surface area contributed by atoms with Gasteiger partial charge in [0, 0.05) is 17.8 Å². The molecule has 0 radical (unpaired) electrons. The van der Waals surface area contributed by atoms with Crippen molar-refractivity contribution in [3.63, 3.8) is 0 Å². The number of hydrogen-bond acceptors (Lipinski definition) is 4. The zero-order chi connectivity index (χ0) is 15.2. The van der Waals surface area contributed by atoms with Crippen molar-refractivity contribution in [3.8, 4) is 5.75 Å². The minimum atomic E-state index is -2.89. The van der Waals surface area contributed by atoms with Gasteiger partial charge in [0.05, 0.1) is 19.1 Å². The summed E-state index contributed by atoms with van der Waals surface area (Å²) in [6.45, 7) is 0.642. The molecule has 1 amide bonds. The van der Waals surface area contributed by atoms with Crippen molar-refractivity contribution >= 4 is 11.6 Å². The first-order valence-electron chi connectivity index (χ1n) is 6.77. The average Bonchev–Trinajstić information content (AvgIpc) is 2.87. The van der Waals surface area contributed by atoms with Gasteiger partial charge in [0.15, 0.2) is 0 Å². The number of carbonyl (C=O) groups excluding carboxylic acids is 1. The summed E-state index contributed by atoms with van der Waals surface area (Å²) in [7, 11) is 0. The SMILES string of the molecule is CCNC1COCC1C(=O)Nc1cccc(OC(F)F)c1. The molecule has 1 aliphatic rings. The monoisotopic (exact) mass is 300 g/mol. The van der Waals surface area contributed by atoms with Crippen LogP contribution in [0.1, 0.15) is 6.92 Å². The highest BCUT2D eigenvalue weighted by Crippen LogP contribution is 2.21. The molecule has 0 bridgehead atoms. The van der Waals surface area contributed by atoms with Gasteiger partial charge in [-0.1, -0.05) is 13.0 Å². The van der Waals surface area contributed by atoms with Crippen LogP contribution in [0.3, 0.4) is 0 Å². The smallest absolute Gasteiger partial charge is 0.387 e. The molecule has 0 spiro atoms. The second kappa shape index (κ2) is 7.33. The number of anilines is 1. The lowest BCUT2D eigenvalue weighted by molar-refractivity contribution is -0.120. The van der Waals surface area contributed by atoms with Gasteiger partial charge >= 0.3 is 6.61 Å². The third-order valence-electron chi connectivity index (χ3n) is 3.21. The molecule has 1 aliphatic heterocycles. The van der Waals surface area contributed by atoms with Crippen LogP contribution in [0, 0.1) is 5.92 Å². The lowest BCUT2D eigenvalue weighted by atomic mass is 10.0. The third kappa shape index (κ3) is 4.37. The second-order valence-electron chi connectivity index (χ2n) is 4.70. The Balaban J connectivity index is 1.99. The number of amides is 1. The van der Waals surface area contributed by atoms with E-state index in [1.165, 1.54) is 12.1 Å². The zero-order valence-electron chi connectivity index (χ0n) is 11.6. The Hall–Kier alpha value is -1.73. The van der Waals surface area contributed by atoms with Crippen LogP contribution in [0.4, 0.5) is 14.5 Å². The Morgan fingerprint density at radius 2 is 2.29 bits per heavy atom. The number of halogens is 2. The summed E-state index contributed by atoms with van der Waals surface area (Å²) in [5.41, 5.74) is 0.417. The van der Waals surface area contributed by atoms with E-state index >= 15 is 0 Å². The van der Waals surface area contributed by atoms with Gasteiger partial charge in [-0.25, -0.2) is 0 Å². The Bertz CT molecular complexity index is 485. The van der Waals surface area contributed by atoms with E-state index in [1.54, 1.807) is 12.1 Å². The van der Waals surface area contributed by atoms with Crippen LogP contribution >= 0.6 is 0 Å². The fraction of sp³-hybridized carbons (Fsp3) is 0.500. The maximum absolute atomic E-state index is 12.2. The molecule has 1 heterocycles. The van der Waals surface area contributed by atoms with E-state index in [0.717, 1.165) is 6.54 Å². The second-order valence-corrected chi connectivity index (χ2v) is 4.70. The van der Waals surface area contributed by atoms with Crippen LogP contribution in [0.25, 0.3) is 0 Å². The number of nitrogens with one attached hydrogen (secondary N) is 2. The molecule has 1 aromatic rings. The minimum Gasteiger partial charge on any atom is -0.435 e. The molecule has 0 saturated carbocycles. The standard InChI is InChI=1S/C14H18F2N2O3/c1-2-17-12-8-20-7-11(12)13(19)18-9-4-3-5-10(6-9)21-14(15)16/h3-6,11-12,14,17H,2,7-8H2,1H3,(H,18,19). The first-order valence-corrected chi connectivity index (χ1v) is 6.77. The van der Waals surface area contributed by atoms with Gasteiger partial charge in [-0.05, 0) is 18.7 Å². The maximum atomic E-state index is 12.2. The van der Waals surface area contributed by atoms with Gasteiger partial charge < -0.3 is 20.1 Å². The topological polar surface area (TPSA) is 59.6 Å². The van der Waals surface area contributed by atoms with Gasteiger partial charge in [-0.2, -0.15) is 8.78 Å². The molecule has 0 aromatic heterocycles. The van der Waals surface area contributed by atoms with E-state index in [-0.39, 0.29) is 23.6 Å². The van der Waals surface area contributed by atoms with E-state index in [2.05, 4.69) is 15.4 Å². The summed E-state index contributed by atoms with van der Waals surface area (Å²) in [5, 5.41) is 5.89. The largest absolute Gasteiger partial charge is 0.435 e. The van der Waals surface area contributed by atoms with Crippen molar-refractivity contribution in [3.05, 3.63) is 24.3 Å². The highest BCUT2D eigenvalue weighted by Gasteiger charge is 2.33. The average molecular weight is 300 g/mol. The molecular formula is C14H18F2N2O3. The van der Waals surface area contributed by atoms with E-state index in [4.69, 9.17) is 4.74 Å². The van der Waals surface area contributed by atoms with Gasteiger partial charge in [0.25, 0.3) is 0 Å². The number of rotatable bonds is 6. The van der Waals surface area contributed by atoms with E-state index in [0.29, 0.717) is 18.9 Å². The van der Waals surface area contributed by atoms with Crippen LogP contribution < -0.4 is 15.4 Å². The fourth-order valence-electron chi connectivity index (χ4n) is 2.26. The summed E-state index contributed by atoms with van der Waals surface area (Å²) in [6.07, 6.45) is 0. The van der Waals surface area contributed by atoms with Crippen LogP contribution in [-0.2, 0) is 9.53 Å². The van der Waals surface area contributed by atoms with Crippen LogP contribution in [0.2, 0.25) is 0 Å². The van der Waals surface area contributed by atoms with Gasteiger partial charge in [0.2, 0.25) is 5.91 Å². The Morgan fingerprint density at radius 3 is 3.00 bits per heavy atom. The molecule has 1 saturated heterocycles. The molecule has 7 heteroatoms. The van der Waals surface area contributed by atoms with Gasteiger partial charge in [0.1, 0.15) is 5.75 Å². The van der Waals surface area contributed by atoms with E-state index in [9.17, 15) is 13.6 Å². The number of alkyl halides is 2. The van der Waals surface area contributed by atoms with Crippen molar-refractivity contribution < 1.29 is 23.0 Å². The molecular weight excluding hydrogens is 282 g/mol. The summed E-state index contributed by atoms with van der Waals surface area (Å²) >= 11 is 0. The first kappa shape index (κ1) is 15.7. The molecule has 116 valence electrons. The van der Waals surface area contributed by atoms with E-state index < -0.39 is 6.61 Å². The Labute approximate surface area is 121 Å². The number of hydrogen-bond donors (Lipinski definition) is 2. The quantitative estimate of drug-likeness (QED) is 0.842. The molecule has 0 aliphatic carbocycles. The van der Waals surface area contributed by atoms with Gasteiger partial charge in [-0.3, -0.25) is 4.79 Å². The lowest BCUT2D eigenvalue weighted by Gasteiger charge is -2.18. The molecule has 2 unspecified atom stereocenters. The molecule has 2 rings (SSSR count). The number of ether oxygens (including phenoxy) is 2. The normalized spacial score (nSPS) is 21.5. The number of likely N-dealkylation sites (N-methyl/N-ethyl adjacent to an activating group) is 1.